The highest BCUT2D eigenvalue weighted by Gasteiger charge is 2.15. The van der Waals surface area contributed by atoms with Crippen LogP contribution in [0.2, 0.25) is 0 Å². The molecule has 0 aliphatic rings. The van der Waals surface area contributed by atoms with Crippen molar-refractivity contribution in [1.82, 2.24) is 0 Å². The second-order valence-corrected chi connectivity index (χ2v) is 4.69. The Morgan fingerprint density at radius 1 is 1.11 bits per heavy atom. The van der Waals surface area contributed by atoms with E-state index in [2.05, 4.69) is 0 Å². The summed E-state index contributed by atoms with van der Waals surface area (Å²) in [6.07, 6.45) is 0. The number of nitrogens with two attached hydrogens (primary N) is 1. The molecule has 0 amide bonds. The third kappa shape index (κ3) is 2.80. The highest BCUT2D eigenvalue weighted by Crippen LogP contribution is 2.26. The third-order valence-electron chi connectivity index (χ3n) is 3.25. The number of hydrogen-bond donors (Lipinski definition) is 1. The molecule has 4 heteroatoms. The predicted octanol–water partition coefficient (Wildman–Crippen LogP) is 3.26. The first kappa shape index (κ1) is 13.2. The van der Waals surface area contributed by atoms with Crippen molar-refractivity contribution in [2.45, 2.75) is 19.9 Å². The summed E-state index contributed by atoms with van der Waals surface area (Å²) in [6, 6.07) is 12.3. The van der Waals surface area contributed by atoms with E-state index in [0.29, 0.717) is 0 Å². The van der Waals surface area contributed by atoms with Crippen LogP contribution in [0.25, 0.3) is 0 Å². The van der Waals surface area contributed by atoms with E-state index in [-0.39, 0.29) is 11.7 Å². The Hall–Kier alpha value is -2.20. The Morgan fingerprint density at radius 3 is 2.32 bits per heavy atom. The van der Waals surface area contributed by atoms with Gasteiger partial charge in [0.1, 0.15) is 0 Å². The van der Waals surface area contributed by atoms with Gasteiger partial charge < -0.3 is 5.73 Å². The molecule has 0 saturated heterocycles. The number of non-ortho nitro benzene ring substituents is 1. The van der Waals surface area contributed by atoms with E-state index in [4.69, 9.17) is 5.73 Å². The fourth-order valence-electron chi connectivity index (χ4n) is 2.03. The van der Waals surface area contributed by atoms with E-state index in [1.807, 2.05) is 38.1 Å². The van der Waals surface area contributed by atoms with Crippen molar-refractivity contribution in [3.63, 3.8) is 0 Å². The van der Waals surface area contributed by atoms with Crippen LogP contribution in [0.4, 0.5) is 5.69 Å². The Morgan fingerprint density at radius 2 is 1.74 bits per heavy atom. The van der Waals surface area contributed by atoms with Crippen molar-refractivity contribution in [3.05, 3.63) is 74.8 Å². The van der Waals surface area contributed by atoms with E-state index >= 15 is 0 Å². The zero-order valence-corrected chi connectivity index (χ0v) is 11.0. The first-order valence-electron chi connectivity index (χ1n) is 6.06. The van der Waals surface area contributed by atoms with Gasteiger partial charge in [0.25, 0.3) is 5.69 Å². The first-order chi connectivity index (χ1) is 8.99. The van der Waals surface area contributed by atoms with Crippen LogP contribution >= 0.6 is 0 Å². The molecular formula is C15H16N2O2. The lowest BCUT2D eigenvalue weighted by Gasteiger charge is -2.15. The zero-order chi connectivity index (χ0) is 14.0. The van der Waals surface area contributed by atoms with Crippen LogP contribution in [0.1, 0.15) is 28.3 Å². The predicted molar refractivity (Wildman–Crippen MR) is 75.0 cm³/mol. The van der Waals surface area contributed by atoms with Crippen LogP contribution in [0.5, 0.6) is 0 Å². The maximum atomic E-state index is 10.8. The Bertz CT molecular complexity index is 606. The summed E-state index contributed by atoms with van der Waals surface area (Å²) in [5.41, 5.74) is 10.1. The van der Waals surface area contributed by atoms with Crippen LogP contribution in [0.3, 0.4) is 0 Å². The highest BCUT2D eigenvalue weighted by atomic mass is 16.6. The zero-order valence-electron chi connectivity index (χ0n) is 11.0. The van der Waals surface area contributed by atoms with E-state index < -0.39 is 4.92 Å². The van der Waals surface area contributed by atoms with Gasteiger partial charge >= 0.3 is 0 Å². The van der Waals surface area contributed by atoms with Crippen molar-refractivity contribution < 1.29 is 4.92 Å². The summed E-state index contributed by atoms with van der Waals surface area (Å²) in [7, 11) is 0. The number of benzene rings is 2. The van der Waals surface area contributed by atoms with Gasteiger partial charge in [0.15, 0.2) is 0 Å². The topological polar surface area (TPSA) is 69.2 Å². The van der Waals surface area contributed by atoms with Gasteiger partial charge in [-0.15, -0.1) is 0 Å². The number of rotatable bonds is 3. The van der Waals surface area contributed by atoms with Crippen LogP contribution in [0, 0.1) is 24.0 Å². The van der Waals surface area contributed by atoms with Gasteiger partial charge in [0.2, 0.25) is 0 Å². The fourth-order valence-corrected chi connectivity index (χ4v) is 2.03. The van der Waals surface area contributed by atoms with Gasteiger partial charge in [0, 0.05) is 12.1 Å². The number of nitro groups is 1. The summed E-state index contributed by atoms with van der Waals surface area (Å²) in [6.45, 7) is 3.92. The van der Waals surface area contributed by atoms with E-state index in [9.17, 15) is 10.1 Å². The smallest absolute Gasteiger partial charge is 0.269 e. The summed E-state index contributed by atoms with van der Waals surface area (Å²) in [5, 5.41) is 10.8. The summed E-state index contributed by atoms with van der Waals surface area (Å²) < 4.78 is 0. The van der Waals surface area contributed by atoms with Crippen molar-refractivity contribution in [2.24, 2.45) is 5.73 Å². The van der Waals surface area contributed by atoms with Crippen molar-refractivity contribution in [3.8, 4) is 0 Å². The molecule has 2 rings (SSSR count). The van der Waals surface area contributed by atoms with Gasteiger partial charge in [0.05, 0.1) is 11.0 Å². The molecule has 0 bridgehead atoms. The molecule has 2 N–H and O–H groups in total. The second-order valence-electron chi connectivity index (χ2n) is 4.69. The molecule has 1 unspecified atom stereocenters. The first-order valence-corrected chi connectivity index (χ1v) is 6.06. The van der Waals surface area contributed by atoms with Gasteiger partial charge in [-0.05, 0) is 30.5 Å². The average molecular weight is 256 g/mol. The maximum absolute atomic E-state index is 10.8. The monoisotopic (exact) mass is 256 g/mol. The molecule has 98 valence electrons. The van der Waals surface area contributed by atoms with E-state index in [1.165, 1.54) is 6.07 Å². The maximum Gasteiger partial charge on any atom is 0.269 e. The van der Waals surface area contributed by atoms with Crippen molar-refractivity contribution in [2.75, 3.05) is 0 Å². The van der Waals surface area contributed by atoms with Crippen LogP contribution < -0.4 is 5.73 Å². The number of nitrogens with zero attached hydrogens (tertiary/aromatic N) is 1. The Balaban J connectivity index is 2.42. The normalized spacial score (nSPS) is 12.2. The molecular weight excluding hydrogens is 240 g/mol. The van der Waals surface area contributed by atoms with E-state index in [0.717, 1.165) is 22.3 Å². The summed E-state index contributed by atoms with van der Waals surface area (Å²) in [4.78, 5) is 10.4. The van der Waals surface area contributed by atoms with Crippen molar-refractivity contribution >= 4 is 5.69 Å². The van der Waals surface area contributed by atoms with E-state index in [1.54, 1.807) is 12.1 Å². The lowest BCUT2D eigenvalue weighted by Crippen LogP contribution is -2.13. The molecule has 0 aliphatic carbocycles. The average Bonchev–Trinajstić information content (AvgIpc) is 2.39. The second kappa shape index (κ2) is 5.20. The highest BCUT2D eigenvalue weighted by molar-refractivity contribution is 5.44. The molecule has 19 heavy (non-hydrogen) atoms. The molecule has 0 spiro atoms. The molecule has 1 atom stereocenters. The molecule has 0 heterocycles. The molecule has 2 aromatic carbocycles. The largest absolute Gasteiger partial charge is 0.320 e. The minimum absolute atomic E-state index is 0.0724. The Labute approximate surface area is 112 Å². The van der Waals surface area contributed by atoms with Crippen LogP contribution in [0.15, 0.2) is 42.5 Å². The minimum Gasteiger partial charge on any atom is -0.320 e. The standard InChI is InChI=1S/C15H16N2O2/c1-10-3-6-12(7-4-10)15(16)14-9-13(17(18)19)8-5-11(14)2/h3-9,15H,16H2,1-2H3. The molecule has 4 nitrogen and oxygen atoms in total. The molecule has 0 fully saturated rings. The Kier molecular flexibility index (Phi) is 3.62. The minimum atomic E-state index is -0.398. The van der Waals surface area contributed by atoms with Gasteiger partial charge in [-0.3, -0.25) is 10.1 Å². The molecule has 0 aromatic heterocycles. The molecule has 0 radical (unpaired) electrons. The van der Waals surface area contributed by atoms with Gasteiger partial charge in [-0.25, -0.2) is 0 Å². The lowest BCUT2D eigenvalue weighted by atomic mass is 9.95. The fraction of sp³-hybridized carbons (Fsp3) is 0.200. The quantitative estimate of drug-likeness (QED) is 0.677. The SMILES string of the molecule is Cc1ccc(C(N)c2cc([N+](=O)[O-])ccc2C)cc1. The number of nitro benzene ring substituents is 1. The lowest BCUT2D eigenvalue weighted by molar-refractivity contribution is -0.384. The van der Waals surface area contributed by atoms with Crippen molar-refractivity contribution in [1.29, 1.82) is 0 Å². The number of hydrogen-bond acceptors (Lipinski definition) is 3. The molecule has 0 saturated carbocycles. The van der Waals surface area contributed by atoms with Gasteiger partial charge in [-0.2, -0.15) is 0 Å². The van der Waals surface area contributed by atoms with Crippen LogP contribution in [-0.2, 0) is 0 Å². The summed E-state index contributed by atoms with van der Waals surface area (Å²) >= 11 is 0. The van der Waals surface area contributed by atoms with Crippen LogP contribution in [-0.4, -0.2) is 4.92 Å². The number of aryl methyl sites for hydroxylation is 2. The summed E-state index contributed by atoms with van der Waals surface area (Å²) in [5.74, 6) is 0. The van der Waals surface area contributed by atoms with Gasteiger partial charge in [-0.1, -0.05) is 35.9 Å². The molecule has 2 aromatic rings. The molecule has 0 aliphatic heterocycles. The third-order valence-corrected chi connectivity index (χ3v) is 3.25.